The van der Waals surface area contributed by atoms with Crippen molar-refractivity contribution in [1.82, 2.24) is 9.97 Å². The molecular weight excluding hydrogens is 498 g/mol. The highest BCUT2D eigenvalue weighted by atomic mass is 16.4. The van der Waals surface area contributed by atoms with Crippen LogP contribution in [0.3, 0.4) is 0 Å². The summed E-state index contributed by atoms with van der Waals surface area (Å²) in [4.78, 5) is 9.77. The molecule has 0 radical (unpaired) electrons. The average molecular weight is 522 g/mol. The molecule has 0 saturated carbocycles. The van der Waals surface area contributed by atoms with Crippen LogP contribution in [0.25, 0.3) is 33.5 Å². The van der Waals surface area contributed by atoms with Crippen LogP contribution in [0.2, 0.25) is 0 Å². The van der Waals surface area contributed by atoms with E-state index in [0.717, 1.165) is 33.5 Å². The normalized spacial score (nSPS) is 13.2. The summed E-state index contributed by atoms with van der Waals surface area (Å²) in [6, 6.07) is 46.6. The van der Waals surface area contributed by atoms with Crippen LogP contribution in [-0.2, 0) is 4.65 Å². The van der Waals surface area contributed by atoms with Crippen molar-refractivity contribution in [2.24, 2.45) is 0 Å². The van der Waals surface area contributed by atoms with Crippen molar-refractivity contribution in [3.8, 4) is 22.3 Å². The van der Waals surface area contributed by atoms with E-state index in [1.807, 2.05) is 42.7 Å². The number of pyridine rings is 2. The quantitative estimate of drug-likeness (QED) is 0.237. The van der Waals surface area contributed by atoms with Crippen LogP contribution in [0, 0.1) is 0 Å². The van der Waals surface area contributed by atoms with E-state index in [2.05, 4.69) is 103 Å². The van der Waals surface area contributed by atoms with Gasteiger partial charge in [-0.05, 0) is 62.9 Å². The zero-order chi connectivity index (χ0) is 27.2. The number of nitrogens with zero attached hydrogens (tertiary/aromatic N) is 2. The van der Waals surface area contributed by atoms with E-state index in [1.54, 1.807) is 0 Å². The van der Waals surface area contributed by atoms with Gasteiger partial charge in [0.05, 0.1) is 5.69 Å². The fourth-order valence-corrected chi connectivity index (χ4v) is 6.50. The third-order valence-corrected chi connectivity index (χ3v) is 8.22. The highest BCUT2D eigenvalue weighted by Crippen LogP contribution is 2.35. The van der Waals surface area contributed by atoms with Crippen molar-refractivity contribution in [2.45, 2.75) is 0 Å². The SMILES string of the molecule is c1ccc(/C(OB2c3ccccc3-c3ccccc32)=C(/B2c3ccccc3-c3ccccc32)c2ccccn2)nc1. The van der Waals surface area contributed by atoms with E-state index in [4.69, 9.17) is 14.6 Å². The molecule has 5 heteroatoms. The standard InChI is InChI=1S/C36H24B2N2O/c1-5-17-29-25(13-1)26-14-2-6-18-30(26)37(29)35(33-21-9-11-23-39-33)36(34-22-10-12-24-40-34)41-38-31-19-7-3-15-27(31)28-16-4-8-20-32(28)38/h1-24H/b36-35-. The largest absolute Gasteiger partial charge is 0.550 e. The molecule has 2 aliphatic rings. The van der Waals surface area contributed by atoms with Gasteiger partial charge in [-0.15, -0.1) is 0 Å². The van der Waals surface area contributed by atoms with Crippen LogP contribution in [0.5, 0.6) is 0 Å². The highest BCUT2D eigenvalue weighted by molar-refractivity contribution is 7.03. The van der Waals surface area contributed by atoms with Gasteiger partial charge in [0.15, 0.2) is 0 Å². The summed E-state index contributed by atoms with van der Waals surface area (Å²) in [5.41, 5.74) is 12.4. The number of hydrogen-bond donors (Lipinski definition) is 0. The highest BCUT2D eigenvalue weighted by Gasteiger charge is 2.41. The van der Waals surface area contributed by atoms with Crippen LogP contribution in [0.1, 0.15) is 11.4 Å². The minimum absolute atomic E-state index is 0.0683. The molecule has 0 fully saturated rings. The molecule has 190 valence electrons. The Morgan fingerprint density at radius 3 is 1.34 bits per heavy atom. The van der Waals surface area contributed by atoms with Gasteiger partial charge in [0, 0.05) is 12.4 Å². The van der Waals surface area contributed by atoms with Crippen molar-refractivity contribution >= 4 is 46.7 Å². The van der Waals surface area contributed by atoms with E-state index in [9.17, 15) is 0 Å². The zero-order valence-electron chi connectivity index (χ0n) is 22.3. The molecule has 0 bridgehead atoms. The zero-order valence-corrected chi connectivity index (χ0v) is 22.3. The minimum Gasteiger partial charge on any atom is -0.550 e. The van der Waals surface area contributed by atoms with E-state index in [-0.39, 0.29) is 13.6 Å². The fourth-order valence-electron chi connectivity index (χ4n) is 6.50. The Balaban J connectivity index is 1.43. The predicted molar refractivity (Wildman–Crippen MR) is 170 cm³/mol. The average Bonchev–Trinajstić information content (AvgIpc) is 3.55. The summed E-state index contributed by atoms with van der Waals surface area (Å²) >= 11 is 0. The van der Waals surface area contributed by atoms with Gasteiger partial charge in [-0.2, -0.15) is 0 Å². The van der Waals surface area contributed by atoms with E-state index >= 15 is 0 Å². The van der Waals surface area contributed by atoms with E-state index in [1.165, 1.54) is 33.2 Å². The maximum atomic E-state index is 7.29. The van der Waals surface area contributed by atoms with Gasteiger partial charge in [-0.25, -0.2) is 0 Å². The third-order valence-electron chi connectivity index (χ3n) is 8.22. The van der Waals surface area contributed by atoms with Crippen molar-refractivity contribution in [3.05, 3.63) is 157 Å². The molecule has 2 aromatic heterocycles. The number of benzene rings is 4. The summed E-state index contributed by atoms with van der Waals surface area (Å²) in [7, 11) is 0. The molecule has 0 unspecified atom stereocenters. The molecule has 4 heterocycles. The van der Waals surface area contributed by atoms with Gasteiger partial charge in [0.1, 0.15) is 11.5 Å². The molecule has 0 N–H and O–H groups in total. The number of fused-ring (bicyclic) bond motifs is 6. The Kier molecular flexibility index (Phi) is 5.67. The van der Waals surface area contributed by atoms with Crippen LogP contribution in [0.4, 0.5) is 0 Å². The lowest BCUT2D eigenvalue weighted by molar-refractivity contribution is 0.548. The molecule has 8 rings (SSSR count). The second-order valence-corrected chi connectivity index (χ2v) is 10.5. The number of hydrogen-bond acceptors (Lipinski definition) is 3. The molecule has 3 nitrogen and oxygen atoms in total. The van der Waals surface area contributed by atoms with Gasteiger partial charge < -0.3 is 4.65 Å². The lowest BCUT2D eigenvalue weighted by Gasteiger charge is -2.23. The van der Waals surface area contributed by atoms with Crippen molar-refractivity contribution in [3.63, 3.8) is 0 Å². The van der Waals surface area contributed by atoms with E-state index < -0.39 is 0 Å². The van der Waals surface area contributed by atoms with Gasteiger partial charge in [0.25, 0.3) is 0 Å². The smallest absolute Gasteiger partial charge is 0.427 e. The first-order valence-electron chi connectivity index (χ1n) is 14.0. The maximum absolute atomic E-state index is 7.29. The molecule has 41 heavy (non-hydrogen) atoms. The van der Waals surface area contributed by atoms with Crippen LogP contribution in [0.15, 0.2) is 146 Å². The Bertz CT molecular complexity index is 1850. The van der Waals surface area contributed by atoms with Gasteiger partial charge in [-0.3, -0.25) is 9.97 Å². The molecule has 0 aliphatic carbocycles. The third kappa shape index (κ3) is 3.85. The van der Waals surface area contributed by atoms with E-state index in [0.29, 0.717) is 0 Å². The Morgan fingerprint density at radius 2 is 0.854 bits per heavy atom. The lowest BCUT2D eigenvalue weighted by Crippen LogP contribution is -2.43. The Labute approximate surface area is 240 Å². The number of rotatable bonds is 5. The summed E-state index contributed by atoms with van der Waals surface area (Å²) in [6.07, 6.45) is 3.69. The topological polar surface area (TPSA) is 35.0 Å². The lowest BCUT2D eigenvalue weighted by atomic mass is 9.37. The van der Waals surface area contributed by atoms with Gasteiger partial charge in [0.2, 0.25) is 6.71 Å². The molecule has 2 aliphatic heterocycles. The molecule has 0 spiro atoms. The maximum Gasteiger partial charge on any atom is 0.427 e. The van der Waals surface area contributed by atoms with Crippen molar-refractivity contribution < 1.29 is 4.65 Å². The summed E-state index contributed by atoms with van der Waals surface area (Å²) < 4.78 is 7.29. The molecular formula is C36H24B2N2O. The second kappa shape index (κ2) is 9.79. The predicted octanol–water partition coefficient (Wildman–Crippen LogP) is 4.98. The molecule has 4 aromatic carbocycles. The first kappa shape index (κ1) is 23.7. The first-order valence-corrected chi connectivity index (χ1v) is 14.0. The first-order chi connectivity index (χ1) is 20.4. The van der Waals surface area contributed by atoms with Crippen molar-refractivity contribution in [2.75, 3.05) is 0 Å². The van der Waals surface area contributed by atoms with Crippen LogP contribution in [-0.4, -0.2) is 23.6 Å². The summed E-state index contributed by atoms with van der Waals surface area (Å²) in [5.74, 6) is 0.748. The molecule has 0 saturated heterocycles. The second-order valence-electron chi connectivity index (χ2n) is 10.5. The molecule has 0 amide bonds. The van der Waals surface area contributed by atoms with Crippen molar-refractivity contribution in [1.29, 1.82) is 0 Å². The summed E-state index contributed by atoms with van der Waals surface area (Å²) in [6.45, 7) is -0.341. The monoisotopic (exact) mass is 522 g/mol. The minimum atomic E-state index is -0.273. The number of aromatic nitrogens is 2. The summed E-state index contributed by atoms with van der Waals surface area (Å²) in [5, 5.41) is 0. The van der Waals surface area contributed by atoms with Crippen LogP contribution >= 0.6 is 0 Å². The molecule has 6 aromatic rings. The molecule has 0 atom stereocenters. The Morgan fingerprint density at radius 1 is 0.439 bits per heavy atom. The fraction of sp³-hybridized carbons (Fsp3) is 0. The van der Waals surface area contributed by atoms with Gasteiger partial charge >= 0.3 is 6.92 Å². The Hall–Kier alpha value is -5.15. The van der Waals surface area contributed by atoms with Crippen LogP contribution < -0.4 is 21.9 Å². The van der Waals surface area contributed by atoms with Gasteiger partial charge in [-0.1, -0.05) is 120 Å².